The van der Waals surface area contributed by atoms with Crippen LogP contribution in [0.4, 0.5) is 5.69 Å². The average molecular weight is 288 g/mol. The lowest BCUT2D eigenvalue weighted by Crippen LogP contribution is -2.18. The molecule has 0 amide bonds. The topological polar surface area (TPSA) is 15.3 Å². The smallest absolute Gasteiger partial charge is 0.0343 e. The predicted octanol–water partition coefficient (Wildman–Crippen LogP) is 5.05. The molecule has 1 heterocycles. The molecule has 1 N–H and O–H groups in total. The molecule has 1 saturated heterocycles. The van der Waals surface area contributed by atoms with E-state index in [-0.39, 0.29) is 0 Å². The Kier molecular flexibility index (Phi) is 7.66. The molecule has 0 unspecified atom stereocenters. The van der Waals surface area contributed by atoms with Crippen molar-refractivity contribution in [1.82, 2.24) is 4.90 Å². The summed E-state index contributed by atoms with van der Waals surface area (Å²) < 4.78 is 0. The molecule has 1 aromatic rings. The van der Waals surface area contributed by atoms with Gasteiger partial charge in [0.05, 0.1) is 0 Å². The summed E-state index contributed by atoms with van der Waals surface area (Å²) in [4.78, 5) is 2.56. The standard InChI is InChI=1S/C19H32N2/c1-2-3-4-5-6-7-13-20-19-12-10-11-18(16-19)17-21-14-8-9-15-21/h10-12,16,20H,2-9,13-15,17H2,1H3. The van der Waals surface area contributed by atoms with Crippen LogP contribution in [0, 0.1) is 0 Å². The molecule has 2 heteroatoms. The highest BCUT2D eigenvalue weighted by atomic mass is 15.1. The summed E-state index contributed by atoms with van der Waals surface area (Å²) in [6.45, 7) is 7.05. The molecule has 0 atom stereocenters. The van der Waals surface area contributed by atoms with E-state index in [2.05, 4.69) is 41.4 Å². The Labute approximate surface area is 130 Å². The molecule has 0 aromatic heterocycles. The zero-order chi connectivity index (χ0) is 14.8. The number of hydrogen-bond acceptors (Lipinski definition) is 2. The first kappa shape index (κ1) is 16.4. The Balaban J connectivity index is 1.63. The maximum absolute atomic E-state index is 3.58. The molecule has 1 aromatic carbocycles. The maximum Gasteiger partial charge on any atom is 0.0343 e. The number of rotatable bonds is 10. The third-order valence-electron chi connectivity index (χ3n) is 4.39. The fraction of sp³-hybridized carbons (Fsp3) is 0.684. The molecule has 0 saturated carbocycles. The second kappa shape index (κ2) is 9.83. The number of unbranched alkanes of at least 4 members (excludes halogenated alkanes) is 5. The minimum atomic E-state index is 1.11. The van der Waals surface area contributed by atoms with Crippen molar-refractivity contribution in [3.63, 3.8) is 0 Å². The van der Waals surface area contributed by atoms with E-state index >= 15 is 0 Å². The van der Waals surface area contributed by atoms with Gasteiger partial charge in [-0.2, -0.15) is 0 Å². The number of nitrogens with zero attached hydrogens (tertiary/aromatic N) is 1. The molecule has 2 rings (SSSR count). The SMILES string of the molecule is CCCCCCCCNc1cccc(CN2CCCC2)c1. The quantitative estimate of drug-likeness (QED) is 0.606. The normalized spacial score (nSPS) is 15.5. The van der Waals surface area contributed by atoms with Crippen LogP contribution in [0.1, 0.15) is 63.9 Å². The summed E-state index contributed by atoms with van der Waals surface area (Å²) in [6.07, 6.45) is 10.9. The zero-order valence-corrected chi connectivity index (χ0v) is 13.7. The monoisotopic (exact) mass is 288 g/mol. The first-order valence-corrected chi connectivity index (χ1v) is 8.93. The van der Waals surface area contributed by atoms with E-state index < -0.39 is 0 Å². The van der Waals surface area contributed by atoms with Gasteiger partial charge in [-0.25, -0.2) is 0 Å². The second-order valence-corrected chi connectivity index (χ2v) is 6.38. The summed E-state index contributed by atoms with van der Waals surface area (Å²) in [5, 5.41) is 3.58. The third kappa shape index (κ3) is 6.52. The summed E-state index contributed by atoms with van der Waals surface area (Å²) in [5.74, 6) is 0. The molecule has 0 aliphatic carbocycles. The van der Waals surface area contributed by atoms with Gasteiger partial charge < -0.3 is 5.32 Å². The molecule has 118 valence electrons. The Morgan fingerprint density at radius 2 is 1.76 bits per heavy atom. The minimum absolute atomic E-state index is 1.11. The van der Waals surface area contributed by atoms with Gasteiger partial charge >= 0.3 is 0 Å². The number of benzene rings is 1. The number of anilines is 1. The molecule has 1 aliphatic heterocycles. The van der Waals surface area contributed by atoms with Crippen molar-refractivity contribution in [3.05, 3.63) is 29.8 Å². The fourth-order valence-electron chi connectivity index (χ4n) is 3.12. The highest BCUT2D eigenvalue weighted by molar-refractivity contribution is 5.45. The molecule has 1 aliphatic rings. The van der Waals surface area contributed by atoms with E-state index in [0.717, 1.165) is 13.1 Å². The molecule has 21 heavy (non-hydrogen) atoms. The first-order valence-electron chi connectivity index (χ1n) is 8.93. The van der Waals surface area contributed by atoms with Crippen LogP contribution in [0.25, 0.3) is 0 Å². The van der Waals surface area contributed by atoms with Crippen LogP contribution in [0.5, 0.6) is 0 Å². The van der Waals surface area contributed by atoms with Gasteiger partial charge in [-0.05, 0) is 50.0 Å². The van der Waals surface area contributed by atoms with Crippen molar-refractivity contribution < 1.29 is 0 Å². The van der Waals surface area contributed by atoms with E-state index in [1.165, 1.54) is 75.7 Å². The minimum Gasteiger partial charge on any atom is -0.385 e. The van der Waals surface area contributed by atoms with Crippen LogP contribution in [0.2, 0.25) is 0 Å². The molecular formula is C19H32N2. The molecule has 2 nitrogen and oxygen atoms in total. The zero-order valence-electron chi connectivity index (χ0n) is 13.7. The van der Waals surface area contributed by atoms with E-state index in [0.29, 0.717) is 0 Å². The van der Waals surface area contributed by atoms with Gasteiger partial charge in [0, 0.05) is 18.8 Å². The van der Waals surface area contributed by atoms with E-state index in [1.807, 2.05) is 0 Å². The molecular weight excluding hydrogens is 256 g/mol. The van der Waals surface area contributed by atoms with Gasteiger partial charge in [-0.1, -0.05) is 51.2 Å². The number of nitrogens with one attached hydrogen (secondary N) is 1. The van der Waals surface area contributed by atoms with Gasteiger partial charge in [-0.15, -0.1) is 0 Å². The van der Waals surface area contributed by atoms with E-state index in [9.17, 15) is 0 Å². The van der Waals surface area contributed by atoms with Crippen LogP contribution in [0.3, 0.4) is 0 Å². The lowest BCUT2D eigenvalue weighted by molar-refractivity contribution is 0.331. The Morgan fingerprint density at radius 1 is 1.00 bits per heavy atom. The van der Waals surface area contributed by atoms with Crippen LogP contribution in [-0.4, -0.2) is 24.5 Å². The van der Waals surface area contributed by atoms with Crippen LogP contribution in [0.15, 0.2) is 24.3 Å². The fourth-order valence-corrected chi connectivity index (χ4v) is 3.12. The van der Waals surface area contributed by atoms with E-state index in [4.69, 9.17) is 0 Å². The van der Waals surface area contributed by atoms with Crippen LogP contribution < -0.4 is 5.32 Å². The summed E-state index contributed by atoms with van der Waals surface area (Å²) in [5.41, 5.74) is 2.74. The van der Waals surface area contributed by atoms with Gasteiger partial charge in [-0.3, -0.25) is 4.90 Å². The summed E-state index contributed by atoms with van der Waals surface area (Å²) in [7, 11) is 0. The van der Waals surface area contributed by atoms with E-state index in [1.54, 1.807) is 0 Å². The van der Waals surface area contributed by atoms with Crippen molar-refractivity contribution in [2.24, 2.45) is 0 Å². The van der Waals surface area contributed by atoms with Crippen molar-refractivity contribution in [1.29, 1.82) is 0 Å². The van der Waals surface area contributed by atoms with Gasteiger partial charge in [0.1, 0.15) is 0 Å². The summed E-state index contributed by atoms with van der Waals surface area (Å²) >= 11 is 0. The summed E-state index contributed by atoms with van der Waals surface area (Å²) in [6, 6.07) is 8.98. The largest absolute Gasteiger partial charge is 0.385 e. The molecule has 1 fully saturated rings. The van der Waals surface area contributed by atoms with Crippen LogP contribution >= 0.6 is 0 Å². The highest BCUT2D eigenvalue weighted by Crippen LogP contribution is 2.16. The van der Waals surface area contributed by atoms with Gasteiger partial charge in [0.25, 0.3) is 0 Å². The third-order valence-corrected chi connectivity index (χ3v) is 4.39. The number of likely N-dealkylation sites (tertiary alicyclic amines) is 1. The molecule has 0 radical (unpaired) electrons. The Hall–Kier alpha value is -1.02. The highest BCUT2D eigenvalue weighted by Gasteiger charge is 2.11. The molecule has 0 spiro atoms. The van der Waals surface area contributed by atoms with Crippen LogP contribution in [-0.2, 0) is 6.54 Å². The first-order chi connectivity index (χ1) is 10.4. The second-order valence-electron chi connectivity index (χ2n) is 6.38. The van der Waals surface area contributed by atoms with Crippen molar-refractivity contribution in [3.8, 4) is 0 Å². The maximum atomic E-state index is 3.58. The van der Waals surface area contributed by atoms with Crippen molar-refractivity contribution >= 4 is 5.69 Å². The van der Waals surface area contributed by atoms with Gasteiger partial charge in [0.2, 0.25) is 0 Å². The lowest BCUT2D eigenvalue weighted by atomic mass is 10.1. The molecule has 0 bridgehead atoms. The Morgan fingerprint density at radius 3 is 2.57 bits per heavy atom. The van der Waals surface area contributed by atoms with Gasteiger partial charge in [0.15, 0.2) is 0 Å². The Bertz CT molecular complexity index is 383. The lowest BCUT2D eigenvalue weighted by Gasteiger charge is -2.15. The number of hydrogen-bond donors (Lipinski definition) is 1. The van der Waals surface area contributed by atoms with Crippen molar-refractivity contribution in [2.75, 3.05) is 25.0 Å². The van der Waals surface area contributed by atoms with Crippen molar-refractivity contribution in [2.45, 2.75) is 64.8 Å². The average Bonchev–Trinajstić information content (AvgIpc) is 3.00. The predicted molar refractivity (Wildman–Crippen MR) is 92.8 cm³/mol.